The molecule has 1 aliphatic heterocycles. The van der Waals surface area contributed by atoms with Gasteiger partial charge in [-0.1, -0.05) is 18.5 Å². The number of fused-ring (bicyclic) bond motifs is 1. The van der Waals surface area contributed by atoms with Crippen LogP contribution in [0.3, 0.4) is 0 Å². The third-order valence-electron chi connectivity index (χ3n) is 5.01. The standard InChI is InChI=1S/C21H22ClN3O2/c1-2-24-9-11-25(12-10-24)18-6-4-17(5-7-18)23-21(26)20-14-15-13-16(22)3-8-19(15)27-20/h3-8,13-14H,2,9-12H2,1H3,(H,23,26). The van der Waals surface area contributed by atoms with Gasteiger partial charge in [0.1, 0.15) is 5.58 Å². The van der Waals surface area contributed by atoms with E-state index in [0.29, 0.717) is 10.6 Å². The quantitative estimate of drug-likeness (QED) is 0.721. The zero-order chi connectivity index (χ0) is 18.8. The molecule has 5 nitrogen and oxygen atoms in total. The van der Waals surface area contributed by atoms with Gasteiger partial charge in [-0.25, -0.2) is 0 Å². The van der Waals surface area contributed by atoms with Crippen molar-refractivity contribution in [2.24, 2.45) is 0 Å². The van der Waals surface area contributed by atoms with E-state index in [9.17, 15) is 4.79 Å². The molecule has 1 N–H and O–H groups in total. The molecular formula is C21H22ClN3O2. The maximum atomic E-state index is 12.5. The predicted octanol–water partition coefficient (Wildman–Crippen LogP) is 4.48. The normalized spacial score (nSPS) is 15.3. The molecular weight excluding hydrogens is 362 g/mol. The Morgan fingerprint density at radius 3 is 2.52 bits per heavy atom. The molecule has 0 bridgehead atoms. The molecule has 1 saturated heterocycles. The van der Waals surface area contributed by atoms with Gasteiger partial charge in [-0.3, -0.25) is 4.79 Å². The van der Waals surface area contributed by atoms with Crippen LogP contribution < -0.4 is 10.2 Å². The van der Waals surface area contributed by atoms with Gasteiger partial charge in [-0.2, -0.15) is 0 Å². The first-order chi connectivity index (χ1) is 13.1. The fraction of sp³-hybridized carbons (Fsp3) is 0.286. The summed E-state index contributed by atoms with van der Waals surface area (Å²) >= 11 is 5.98. The van der Waals surface area contributed by atoms with Crippen LogP contribution in [0.1, 0.15) is 17.5 Å². The zero-order valence-electron chi connectivity index (χ0n) is 15.2. The van der Waals surface area contributed by atoms with Crippen molar-refractivity contribution in [3.8, 4) is 0 Å². The van der Waals surface area contributed by atoms with Gasteiger partial charge < -0.3 is 19.5 Å². The van der Waals surface area contributed by atoms with Crippen LogP contribution in [0.15, 0.2) is 52.9 Å². The minimum absolute atomic E-state index is 0.270. The van der Waals surface area contributed by atoms with Crippen LogP contribution in [0, 0.1) is 0 Å². The fourth-order valence-electron chi connectivity index (χ4n) is 3.40. The second-order valence-electron chi connectivity index (χ2n) is 6.72. The average molecular weight is 384 g/mol. The number of likely N-dealkylation sites (N-methyl/N-ethyl adjacent to an activating group) is 1. The molecule has 4 rings (SSSR count). The number of rotatable bonds is 4. The van der Waals surface area contributed by atoms with Gasteiger partial charge in [0, 0.05) is 48.0 Å². The molecule has 0 saturated carbocycles. The second-order valence-corrected chi connectivity index (χ2v) is 7.15. The number of carbonyl (C=O) groups is 1. The van der Waals surface area contributed by atoms with Crippen molar-refractivity contribution in [2.45, 2.75) is 6.92 Å². The number of halogens is 1. The Hall–Kier alpha value is -2.50. The Bertz CT molecular complexity index is 944. The van der Waals surface area contributed by atoms with Crippen molar-refractivity contribution in [1.82, 2.24) is 4.90 Å². The van der Waals surface area contributed by atoms with Gasteiger partial charge in [0.05, 0.1) is 0 Å². The van der Waals surface area contributed by atoms with E-state index in [2.05, 4.69) is 34.2 Å². The van der Waals surface area contributed by atoms with Crippen LogP contribution in [0.2, 0.25) is 5.02 Å². The van der Waals surface area contributed by atoms with Gasteiger partial charge in [-0.05, 0) is 55.1 Å². The Labute approximate surface area is 163 Å². The molecule has 0 spiro atoms. The Kier molecular flexibility index (Phi) is 5.05. The number of benzene rings is 2. The lowest BCUT2D eigenvalue weighted by Crippen LogP contribution is -2.46. The molecule has 0 unspecified atom stereocenters. The Morgan fingerprint density at radius 2 is 1.81 bits per heavy atom. The molecule has 1 aliphatic rings. The van der Waals surface area contributed by atoms with Crippen LogP contribution in [0.5, 0.6) is 0 Å². The maximum absolute atomic E-state index is 12.5. The van der Waals surface area contributed by atoms with Crippen LogP contribution in [0.25, 0.3) is 11.0 Å². The van der Waals surface area contributed by atoms with E-state index in [4.69, 9.17) is 16.0 Å². The number of nitrogens with one attached hydrogen (secondary N) is 1. The summed E-state index contributed by atoms with van der Waals surface area (Å²) in [7, 11) is 0. The van der Waals surface area contributed by atoms with Gasteiger partial charge in [-0.15, -0.1) is 0 Å². The molecule has 0 atom stereocenters. The highest BCUT2D eigenvalue weighted by Crippen LogP contribution is 2.24. The topological polar surface area (TPSA) is 48.7 Å². The van der Waals surface area contributed by atoms with Crippen LogP contribution in [0.4, 0.5) is 11.4 Å². The van der Waals surface area contributed by atoms with Crippen molar-refractivity contribution in [3.05, 3.63) is 59.3 Å². The van der Waals surface area contributed by atoms with Crippen molar-refractivity contribution < 1.29 is 9.21 Å². The Balaban J connectivity index is 1.42. The van der Waals surface area contributed by atoms with Crippen molar-refractivity contribution in [1.29, 1.82) is 0 Å². The minimum Gasteiger partial charge on any atom is -0.451 e. The molecule has 140 valence electrons. The largest absolute Gasteiger partial charge is 0.451 e. The molecule has 1 aromatic heterocycles. The Morgan fingerprint density at radius 1 is 1.07 bits per heavy atom. The molecule has 2 aromatic carbocycles. The molecule has 3 aromatic rings. The van der Waals surface area contributed by atoms with E-state index in [1.54, 1.807) is 24.3 Å². The number of amides is 1. The van der Waals surface area contributed by atoms with Gasteiger partial charge in [0.2, 0.25) is 0 Å². The minimum atomic E-state index is -0.272. The summed E-state index contributed by atoms with van der Waals surface area (Å²) in [6.07, 6.45) is 0. The number of furan rings is 1. The van der Waals surface area contributed by atoms with E-state index in [1.165, 1.54) is 5.69 Å². The summed E-state index contributed by atoms with van der Waals surface area (Å²) < 4.78 is 5.61. The van der Waals surface area contributed by atoms with Crippen LogP contribution in [-0.2, 0) is 0 Å². The summed E-state index contributed by atoms with van der Waals surface area (Å²) in [6, 6.07) is 15.0. The monoisotopic (exact) mass is 383 g/mol. The highest BCUT2D eigenvalue weighted by molar-refractivity contribution is 6.31. The first kappa shape index (κ1) is 17.9. The van der Waals surface area contributed by atoms with Crippen LogP contribution >= 0.6 is 11.6 Å². The number of carbonyl (C=O) groups excluding carboxylic acids is 1. The first-order valence-corrected chi connectivity index (χ1v) is 9.58. The summed E-state index contributed by atoms with van der Waals surface area (Å²) in [6.45, 7) is 7.54. The van der Waals surface area contributed by atoms with Crippen molar-refractivity contribution >= 4 is 39.9 Å². The molecule has 0 aliphatic carbocycles. The SMILES string of the molecule is CCN1CCN(c2ccc(NC(=O)c3cc4cc(Cl)ccc4o3)cc2)CC1. The molecule has 6 heteroatoms. The lowest BCUT2D eigenvalue weighted by atomic mass is 10.2. The summed E-state index contributed by atoms with van der Waals surface area (Å²) in [4.78, 5) is 17.3. The van der Waals surface area contributed by atoms with Crippen molar-refractivity contribution in [3.63, 3.8) is 0 Å². The zero-order valence-corrected chi connectivity index (χ0v) is 16.0. The molecule has 1 fully saturated rings. The van der Waals surface area contributed by atoms with E-state index in [1.807, 2.05) is 12.1 Å². The van der Waals surface area contributed by atoms with Crippen molar-refractivity contribution in [2.75, 3.05) is 42.9 Å². The van der Waals surface area contributed by atoms with Gasteiger partial charge >= 0.3 is 0 Å². The van der Waals surface area contributed by atoms with E-state index >= 15 is 0 Å². The third-order valence-corrected chi connectivity index (χ3v) is 5.25. The third kappa shape index (κ3) is 3.94. The van der Waals surface area contributed by atoms with E-state index in [-0.39, 0.29) is 11.7 Å². The molecule has 27 heavy (non-hydrogen) atoms. The van der Waals surface area contributed by atoms with Gasteiger partial charge in [0.25, 0.3) is 5.91 Å². The van der Waals surface area contributed by atoms with E-state index in [0.717, 1.165) is 43.8 Å². The highest BCUT2D eigenvalue weighted by Gasteiger charge is 2.16. The number of nitrogens with zero attached hydrogens (tertiary/aromatic N) is 2. The molecule has 0 radical (unpaired) electrons. The summed E-state index contributed by atoms with van der Waals surface area (Å²) in [5, 5.41) is 4.32. The maximum Gasteiger partial charge on any atom is 0.291 e. The fourth-order valence-corrected chi connectivity index (χ4v) is 3.58. The lowest BCUT2D eigenvalue weighted by Gasteiger charge is -2.35. The molecule has 1 amide bonds. The number of piperazine rings is 1. The van der Waals surface area contributed by atoms with Crippen LogP contribution in [-0.4, -0.2) is 43.5 Å². The lowest BCUT2D eigenvalue weighted by molar-refractivity contribution is 0.0998. The average Bonchev–Trinajstić information content (AvgIpc) is 3.12. The molecule has 2 heterocycles. The van der Waals surface area contributed by atoms with Gasteiger partial charge in [0.15, 0.2) is 5.76 Å². The number of hydrogen-bond acceptors (Lipinski definition) is 4. The summed E-state index contributed by atoms with van der Waals surface area (Å²) in [5.41, 5.74) is 2.57. The highest BCUT2D eigenvalue weighted by atomic mass is 35.5. The number of anilines is 2. The predicted molar refractivity (Wildman–Crippen MR) is 110 cm³/mol. The second kappa shape index (κ2) is 7.62. The number of hydrogen-bond donors (Lipinski definition) is 1. The summed E-state index contributed by atoms with van der Waals surface area (Å²) in [5.74, 6) is -0.00124. The first-order valence-electron chi connectivity index (χ1n) is 9.20. The van der Waals surface area contributed by atoms with E-state index < -0.39 is 0 Å². The smallest absolute Gasteiger partial charge is 0.291 e.